The zero-order valence-corrected chi connectivity index (χ0v) is 6.49. The molecule has 0 saturated carbocycles. The van der Waals surface area contributed by atoms with Crippen LogP contribution in [0.5, 0.6) is 11.6 Å². The molecule has 0 aliphatic carbocycles. The van der Waals surface area contributed by atoms with Crippen molar-refractivity contribution >= 4 is 5.82 Å². The molecule has 0 unspecified atom stereocenters. The standard InChI is InChI=1S/C7H9N3O2/c8-6-5-7(10-4-9-6)12-3-1-2-11-5/h4H,1-3H2,(H2,8,9,10). The second-order valence-electron chi connectivity index (χ2n) is 2.44. The number of hydrogen-bond acceptors (Lipinski definition) is 5. The number of aromatic nitrogens is 2. The topological polar surface area (TPSA) is 70.3 Å². The number of nitrogen functional groups attached to an aromatic ring is 1. The third-order valence-corrected chi connectivity index (χ3v) is 1.57. The highest BCUT2D eigenvalue weighted by Gasteiger charge is 2.14. The van der Waals surface area contributed by atoms with E-state index in [2.05, 4.69) is 9.97 Å². The first-order valence-corrected chi connectivity index (χ1v) is 3.74. The van der Waals surface area contributed by atoms with Crippen LogP contribution in [0.15, 0.2) is 6.33 Å². The van der Waals surface area contributed by atoms with Crippen molar-refractivity contribution in [3.8, 4) is 11.6 Å². The summed E-state index contributed by atoms with van der Waals surface area (Å²) in [7, 11) is 0. The third kappa shape index (κ3) is 1.13. The maximum atomic E-state index is 5.55. The van der Waals surface area contributed by atoms with E-state index in [0.29, 0.717) is 30.7 Å². The lowest BCUT2D eigenvalue weighted by molar-refractivity contribution is 0.293. The van der Waals surface area contributed by atoms with Gasteiger partial charge >= 0.3 is 0 Å². The SMILES string of the molecule is Nc1ncnc2c1OCCCO2. The Kier molecular flexibility index (Phi) is 1.69. The average Bonchev–Trinajstić information content (AvgIpc) is 2.30. The van der Waals surface area contributed by atoms with Gasteiger partial charge in [-0.15, -0.1) is 0 Å². The zero-order chi connectivity index (χ0) is 8.39. The fourth-order valence-corrected chi connectivity index (χ4v) is 1.01. The lowest BCUT2D eigenvalue weighted by Crippen LogP contribution is -2.00. The average molecular weight is 167 g/mol. The number of hydrogen-bond donors (Lipinski definition) is 1. The molecular formula is C7H9N3O2. The summed E-state index contributed by atoms with van der Waals surface area (Å²) in [6.45, 7) is 1.22. The van der Waals surface area contributed by atoms with Gasteiger partial charge in [0.1, 0.15) is 6.33 Å². The quantitative estimate of drug-likeness (QED) is 0.598. The largest absolute Gasteiger partial charge is 0.485 e. The van der Waals surface area contributed by atoms with Crippen molar-refractivity contribution in [2.24, 2.45) is 0 Å². The number of nitrogens with two attached hydrogens (primary N) is 1. The van der Waals surface area contributed by atoms with E-state index in [1.807, 2.05) is 0 Å². The molecule has 2 N–H and O–H groups in total. The van der Waals surface area contributed by atoms with Crippen molar-refractivity contribution in [3.63, 3.8) is 0 Å². The Morgan fingerprint density at radius 2 is 2.08 bits per heavy atom. The molecule has 12 heavy (non-hydrogen) atoms. The predicted octanol–water partition coefficient (Wildman–Crippen LogP) is 0.220. The van der Waals surface area contributed by atoms with Crippen LogP contribution in [0.1, 0.15) is 6.42 Å². The van der Waals surface area contributed by atoms with Crippen LogP contribution in [-0.2, 0) is 0 Å². The summed E-state index contributed by atoms with van der Waals surface area (Å²) in [5.41, 5.74) is 5.55. The Morgan fingerprint density at radius 3 is 3.00 bits per heavy atom. The van der Waals surface area contributed by atoms with Gasteiger partial charge in [-0.3, -0.25) is 0 Å². The highest BCUT2D eigenvalue weighted by molar-refractivity contribution is 5.51. The van der Waals surface area contributed by atoms with Gasteiger partial charge in [0.05, 0.1) is 13.2 Å². The molecule has 5 nitrogen and oxygen atoms in total. The molecule has 1 aliphatic heterocycles. The maximum Gasteiger partial charge on any atom is 0.262 e. The summed E-state index contributed by atoms with van der Waals surface area (Å²) in [6.07, 6.45) is 2.21. The van der Waals surface area contributed by atoms with Crippen LogP contribution in [0.4, 0.5) is 5.82 Å². The van der Waals surface area contributed by atoms with Crippen molar-refractivity contribution < 1.29 is 9.47 Å². The highest BCUT2D eigenvalue weighted by atomic mass is 16.5. The first-order chi connectivity index (χ1) is 5.88. The predicted molar refractivity (Wildman–Crippen MR) is 42.1 cm³/mol. The monoisotopic (exact) mass is 167 g/mol. The third-order valence-electron chi connectivity index (χ3n) is 1.57. The highest BCUT2D eigenvalue weighted by Crippen LogP contribution is 2.30. The van der Waals surface area contributed by atoms with E-state index >= 15 is 0 Å². The van der Waals surface area contributed by atoms with Gasteiger partial charge in [0.25, 0.3) is 5.88 Å². The molecule has 1 aromatic heterocycles. The van der Waals surface area contributed by atoms with E-state index in [9.17, 15) is 0 Å². The van der Waals surface area contributed by atoms with Gasteiger partial charge in [-0.05, 0) is 0 Å². The molecule has 0 fully saturated rings. The minimum atomic E-state index is 0.335. The van der Waals surface area contributed by atoms with E-state index in [1.165, 1.54) is 6.33 Å². The molecule has 0 saturated heterocycles. The van der Waals surface area contributed by atoms with Crippen molar-refractivity contribution in [2.75, 3.05) is 18.9 Å². The minimum Gasteiger partial charge on any atom is -0.485 e. The molecule has 1 aromatic rings. The van der Waals surface area contributed by atoms with Gasteiger partial charge in [-0.1, -0.05) is 0 Å². The zero-order valence-electron chi connectivity index (χ0n) is 6.49. The smallest absolute Gasteiger partial charge is 0.262 e. The van der Waals surface area contributed by atoms with Crippen LogP contribution >= 0.6 is 0 Å². The molecule has 0 amide bonds. The molecule has 64 valence electrons. The van der Waals surface area contributed by atoms with Gasteiger partial charge in [0, 0.05) is 6.42 Å². The van der Waals surface area contributed by atoms with Crippen LogP contribution in [-0.4, -0.2) is 23.2 Å². The number of ether oxygens (including phenoxy) is 2. The van der Waals surface area contributed by atoms with Crippen LogP contribution in [0.3, 0.4) is 0 Å². The lowest BCUT2D eigenvalue weighted by Gasteiger charge is -2.05. The Labute approximate surface area is 69.5 Å². The van der Waals surface area contributed by atoms with Crippen molar-refractivity contribution in [3.05, 3.63) is 6.33 Å². The Morgan fingerprint density at radius 1 is 1.25 bits per heavy atom. The van der Waals surface area contributed by atoms with E-state index in [-0.39, 0.29) is 0 Å². The fourth-order valence-electron chi connectivity index (χ4n) is 1.01. The van der Waals surface area contributed by atoms with Crippen LogP contribution in [0.25, 0.3) is 0 Å². The number of fused-ring (bicyclic) bond motifs is 1. The summed E-state index contributed by atoms with van der Waals surface area (Å²) in [4.78, 5) is 7.70. The van der Waals surface area contributed by atoms with Gasteiger partial charge in [-0.2, -0.15) is 4.98 Å². The molecule has 0 bridgehead atoms. The van der Waals surface area contributed by atoms with Crippen molar-refractivity contribution in [2.45, 2.75) is 6.42 Å². The van der Waals surface area contributed by atoms with E-state index in [0.717, 1.165) is 6.42 Å². The molecule has 0 spiro atoms. The number of anilines is 1. The van der Waals surface area contributed by atoms with E-state index in [4.69, 9.17) is 15.2 Å². The van der Waals surface area contributed by atoms with Crippen LogP contribution in [0, 0.1) is 0 Å². The first-order valence-electron chi connectivity index (χ1n) is 3.74. The van der Waals surface area contributed by atoms with Crippen LogP contribution < -0.4 is 15.2 Å². The van der Waals surface area contributed by atoms with Gasteiger partial charge in [-0.25, -0.2) is 4.98 Å². The van der Waals surface area contributed by atoms with Crippen molar-refractivity contribution in [1.82, 2.24) is 9.97 Å². The first kappa shape index (κ1) is 7.15. The summed E-state index contributed by atoms with van der Waals surface area (Å²) in [5, 5.41) is 0. The Bertz CT molecular complexity index is 290. The molecule has 0 radical (unpaired) electrons. The molecule has 2 heterocycles. The van der Waals surface area contributed by atoms with Gasteiger partial charge < -0.3 is 15.2 Å². The number of rotatable bonds is 0. The van der Waals surface area contributed by atoms with Crippen molar-refractivity contribution in [1.29, 1.82) is 0 Å². The Hall–Kier alpha value is -1.52. The van der Waals surface area contributed by atoms with E-state index in [1.54, 1.807) is 0 Å². The molecule has 0 aromatic carbocycles. The van der Waals surface area contributed by atoms with Gasteiger partial charge in [0.2, 0.25) is 5.75 Å². The fraction of sp³-hybridized carbons (Fsp3) is 0.429. The molecule has 0 atom stereocenters. The Balaban J connectivity index is 2.42. The number of nitrogens with zero attached hydrogens (tertiary/aromatic N) is 2. The normalized spacial score (nSPS) is 15.3. The molecule has 2 rings (SSSR count). The van der Waals surface area contributed by atoms with Crippen LogP contribution in [0.2, 0.25) is 0 Å². The summed E-state index contributed by atoms with van der Waals surface area (Å²) in [6, 6.07) is 0. The van der Waals surface area contributed by atoms with E-state index < -0.39 is 0 Å². The summed E-state index contributed by atoms with van der Waals surface area (Å²) < 4.78 is 10.6. The molecule has 5 heteroatoms. The molecular weight excluding hydrogens is 158 g/mol. The molecule has 1 aliphatic rings. The summed E-state index contributed by atoms with van der Waals surface area (Å²) >= 11 is 0. The lowest BCUT2D eigenvalue weighted by atomic mass is 10.5. The second-order valence-corrected chi connectivity index (χ2v) is 2.44. The summed E-state index contributed by atoms with van der Waals surface area (Å²) in [5.74, 6) is 1.25. The van der Waals surface area contributed by atoms with Gasteiger partial charge in [0.15, 0.2) is 5.82 Å². The second kappa shape index (κ2) is 2.84. The maximum absolute atomic E-state index is 5.55. The minimum absolute atomic E-state index is 0.335.